The first-order valence-corrected chi connectivity index (χ1v) is 8.68. The monoisotopic (exact) mass is 371 g/mol. The number of hydrogen-bond donors (Lipinski definition) is 0. The second-order valence-electron chi connectivity index (χ2n) is 5.17. The summed E-state index contributed by atoms with van der Waals surface area (Å²) < 4.78 is 19.3. The Labute approximate surface area is 154 Å². The van der Waals surface area contributed by atoms with Crippen molar-refractivity contribution in [2.24, 2.45) is 0 Å². The third-order valence-corrected chi connectivity index (χ3v) is 4.69. The van der Waals surface area contributed by atoms with Crippen LogP contribution in [0.2, 0.25) is 0 Å². The molecule has 3 rings (SSSR count). The molecule has 0 saturated carbocycles. The molecule has 0 aromatic heterocycles. The maximum atomic E-state index is 13.4. The summed E-state index contributed by atoms with van der Waals surface area (Å²) in [6.07, 6.45) is 3.41. The fraction of sp³-hybridized carbons (Fsp3) is 0.0526. The van der Waals surface area contributed by atoms with Crippen LogP contribution in [0.25, 0.3) is 6.08 Å². The molecule has 2 aromatic rings. The first kappa shape index (κ1) is 17.4. The van der Waals surface area contributed by atoms with Gasteiger partial charge in [-0.05, 0) is 42.0 Å². The molecule has 1 aliphatic heterocycles. The average Bonchev–Trinajstić information content (AvgIpc) is 2.87. The highest BCUT2D eigenvalue weighted by molar-refractivity contribution is 8.27. The lowest BCUT2D eigenvalue weighted by Gasteiger charge is -2.14. The maximum absolute atomic E-state index is 13.4. The number of amides is 1. The van der Waals surface area contributed by atoms with Crippen molar-refractivity contribution in [3.8, 4) is 5.75 Å². The van der Waals surface area contributed by atoms with E-state index in [1.165, 1.54) is 28.8 Å². The van der Waals surface area contributed by atoms with E-state index in [2.05, 4.69) is 6.58 Å². The minimum absolute atomic E-state index is 0.266. The number of thioether (sulfide) groups is 1. The lowest BCUT2D eigenvalue weighted by molar-refractivity contribution is -0.113. The number of halogens is 1. The topological polar surface area (TPSA) is 29.5 Å². The summed E-state index contributed by atoms with van der Waals surface area (Å²) in [5, 5.41) is 0. The Morgan fingerprint density at radius 1 is 1.24 bits per heavy atom. The van der Waals surface area contributed by atoms with Crippen LogP contribution in [-0.2, 0) is 4.79 Å². The molecular weight excluding hydrogens is 357 g/mol. The summed E-state index contributed by atoms with van der Waals surface area (Å²) >= 11 is 6.48. The summed E-state index contributed by atoms with van der Waals surface area (Å²) in [6, 6.07) is 13.2. The van der Waals surface area contributed by atoms with E-state index in [1.54, 1.807) is 24.3 Å². The average molecular weight is 371 g/mol. The van der Waals surface area contributed by atoms with Crippen molar-refractivity contribution < 1.29 is 13.9 Å². The second kappa shape index (κ2) is 7.63. The van der Waals surface area contributed by atoms with Gasteiger partial charge < -0.3 is 4.74 Å². The highest BCUT2D eigenvalue weighted by atomic mass is 32.2. The van der Waals surface area contributed by atoms with Crippen LogP contribution < -0.4 is 9.64 Å². The third-order valence-electron chi connectivity index (χ3n) is 3.38. The zero-order valence-corrected chi connectivity index (χ0v) is 14.8. The van der Waals surface area contributed by atoms with Gasteiger partial charge in [-0.15, -0.1) is 0 Å². The molecular formula is C19H14FNO2S2. The van der Waals surface area contributed by atoms with Gasteiger partial charge >= 0.3 is 0 Å². The van der Waals surface area contributed by atoms with E-state index in [9.17, 15) is 9.18 Å². The van der Waals surface area contributed by atoms with Crippen LogP contribution in [-0.4, -0.2) is 16.8 Å². The fourth-order valence-corrected chi connectivity index (χ4v) is 3.61. The highest BCUT2D eigenvalue weighted by Crippen LogP contribution is 2.36. The van der Waals surface area contributed by atoms with Crippen LogP contribution in [0.5, 0.6) is 5.75 Å². The van der Waals surface area contributed by atoms with Gasteiger partial charge in [-0.2, -0.15) is 0 Å². The Hall–Kier alpha value is -2.44. The van der Waals surface area contributed by atoms with Crippen LogP contribution in [0.4, 0.5) is 10.1 Å². The summed E-state index contributed by atoms with van der Waals surface area (Å²) in [7, 11) is 0. The van der Waals surface area contributed by atoms with Gasteiger partial charge in [0.1, 0.15) is 18.2 Å². The molecule has 1 heterocycles. The number of hydrogen-bond acceptors (Lipinski definition) is 4. The van der Waals surface area contributed by atoms with Crippen molar-refractivity contribution in [1.82, 2.24) is 0 Å². The van der Waals surface area contributed by atoms with Crippen molar-refractivity contribution in [2.45, 2.75) is 0 Å². The van der Waals surface area contributed by atoms with Gasteiger partial charge in [-0.1, -0.05) is 54.8 Å². The van der Waals surface area contributed by atoms with Crippen LogP contribution in [0.1, 0.15) is 5.56 Å². The number of carbonyl (C=O) groups excluding carboxylic acids is 1. The summed E-state index contributed by atoms with van der Waals surface area (Å²) in [5.74, 6) is 0.00914. The van der Waals surface area contributed by atoms with Crippen LogP contribution in [0.15, 0.2) is 66.1 Å². The first-order chi connectivity index (χ1) is 12.1. The van der Waals surface area contributed by atoms with Gasteiger partial charge in [0, 0.05) is 0 Å². The van der Waals surface area contributed by atoms with Crippen molar-refractivity contribution in [3.05, 3.63) is 77.5 Å². The molecule has 0 aliphatic carbocycles. The van der Waals surface area contributed by atoms with Gasteiger partial charge in [0.15, 0.2) is 4.32 Å². The highest BCUT2D eigenvalue weighted by Gasteiger charge is 2.33. The standard InChI is InChI=1S/C19H14FNO2S2/c1-2-9-23-16-8-3-5-13(10-16)11-17-18(22)21(19(24)25-17)15-7-4-6-14(20)12-15/h2-8,10-12H,1,9H2/b17-11-. The Morgan fingerprint density at radius 3 is 2.80 bits per heavy atom. The SMILES string of the molecule is C=CCOc1cccc(/C=C2\SC(=S)N(c3cccc(F)c3)C2=O)c1. The van der Waals surface area contributed by atoms with Gasteiger partial charge in [-0.3, -0.25) is 9.69 Å². The van der Waals surface area contributed by atoms with Crippen LogP contribution >= 0.6 is 24.0 Å². The van der Waals surface area contributed by atoms with E-state index in [1.807, 2.05) is 24.3 Å². The summed E-state index contributed by atoms with van der Waals surface area (Å²) in [6.45, 7) is 4.02. The molecule has 1 fully saturated rings. The van der Waals surface area contributed by atoms with E-state index in [4.69, 9.17) is 17.0 Å². The normalized spacial score (nSPS) is 15.7. The molecule has 0 atom stereocenters. The van der Waals surface area contributed by atoms with Crippen molar-refractivity contribution in [2.75, 3.05) is 11.5 Å². The number of rotatable bonds is 5. The minimum atomic E-state index is -0.414. The molecule has 126 valence electrons. The summed E-state index contributed by atoms with van der Waals surface area (Å²) in [4.78, 5) is 14.5. The van der Waals surface area contributed by atoms with Crippen molar-refractivity contribution in [1.29, 1.82) is 0 Å². The largest absolute Gasteiger partial charge is 0.490 e. The smallest absolute Gasteiger partial charge is 0.270 e. The van der Waals surface area contributed by atoms with E-state index < -0.39 is 5.82 Å². The van der Waals surface area contributed by atoms with E-state index in [-0.39, 0.29) is 5.91 Å². The molecule has 6 heteroatoms. The molecule has 2 aromatic carbocycles. The lowest BCUT2D eigenvalue weighted by Crippen LogP contribution is -2.27. The molecule has 1 amide bonds. The van der Waals surface area contributed by atoms with Gasteiger partial charge in [0.25, 0.3) is 5.91 Å². The molecule has 25 heavy (non-hydrogen) atoms. The first-order valence-electron chi connectivity index (χ1n) is 7.46. The maximum Gasteiger partial charge on any atom is 0.270 e. The predicted molar refractivity (Wildman–Crippen MR) is 104 cm³/mol. The van der Waals surface area contributed by atoms with Crippen LogP contribution in [0, 0.1) is 5.82 Å². The number of anilines is 1. The van der Waals surface area contributed by atoms with Crippen molar-refractivity contribution >= 4 is 46.0 Å². The fourth-order valence-electron chi connectivity index (χ4n) is 2.31. The quantitative estimate of drug-likeness (QED) is 0.429. The van der Waals surface area contributed by atoms with Crippen molar-refractivity contribution in [3.63, 3.8) is 0 Å². The molecule has 1 saturated heterocycles. The van der Waals surface area contributed by atoms with E-state index in [0.29, 0.717) is 27.3 Å². The Bertz CT molecular complexity index is 879. The number of carbonyl (C=O) groups is 1. The predicted octanol–water partition coefficient (Wildman–Crippen LogP) is 4.80. The lowest BCUT2D eigenvalue weighted by atomic mass is 10.2. The number of ether oxygens (including phenoxy) is 1. The number of nitrogens with zero attached hydrogens (tertiary/aromatic N) is 1. The summed E-state index contributed by atoms with van der Waals surface area (Å²) in [5.41, 5.74) is 1.25. The molecule has 3 nitrogen and oxygen atoms in total. The third kappa shape index (κ3) is 3.97. The minimum Gasteiger partial charge on any atom is -0.490 e. The zero-order chi connectivity index (χ0) is 17.8. The van der Waals surface area contributed by atoms with Gasteiger partial charge in [0.05, 0.1) is 10.6 Å². The van der Waals surface area contributed by atoms with Gasteiger partial charge in [-0.25, -0.2) is 4.39 Å². The zero-order valence-electron chi connectivity index (χ0n) is 13.1. The van der Waals surface area contributed by atoms with E-state index in [0.717, 1.165) is 5.56 Å². The molecule has 0 N–H and O–H groups in total. The second-order valence-corrected chi connectivity index (χ2v) is 6.84. The van der Waals surface area contributed by atoms with Gasteiger partial charge in [0.2, 0.25) is 0 Å². The Kier molecular flexibility index (Phi) is 5.31. The number of thiocarbonyl (C=S) groups is 1. The molecule has 0 unspecified atom stereocenters. The Morgan fingerprint density at radius 2 is 2.04 bits per heavy atom. The molecule has 1 aliphatic rings. The molecule has 0 spiro atoms. The molecule has 0 radical (unpaired) electrons. The molecule has 0 bridgehead atoms. The van der Waals surface area contributed by atoms with E-state index >= 15 is 0 Å². The number of benzene rings is 2. The van der Waals surface area contributed by atoms with Crippen LogP contribution in [0.3, 0.4) is 0 Å². The Balaban J connectivity index is 1.86.